The third-order valence-corrected chi connectivity index (χ3v) is 2.60. The SMILES string of the molecule is C.FC1(F)CC2CNCC2C1. The van der Waals surface area contributed by atoms with Gasteiger partial charge in [-0.3, -0.25) is 0 Å². The van der Waals surface area contributed by atoms with E-state index in [2.05, 4.69) is 5.32 Å². The fourth-order valence-corrected chi connectivity index (χ4v) is 2.12. The van der Waals surface area contributed by atoms with Crippen molar-refractivity contribution in [2.24, 2.45) is 11.8 Å². The van der Waals surface area contributed by atoms with E-state index < -0.39 is 5.92 Å². The van der Waals surface area contributed by atoms with Gasteiger partial charge in [0.05, 0.1) is 0 Å². The first kappa shape index (κ1) is 8.91. The first-order valence-corrected chi connectivity index (χ1v) is 3.76. The van der Waals surface area contributed by atoms with Crippen molar-refractivity contribution in [1.29, 1.82) is 0 Å². The topological polar surface area (TPSA) is 12.0 Å². The standard InChI is InChI=1S/C7H11F2N.CH4/c8-7(9)1-5-3-10-4-6(5)2-7;/h5-6,10H,1-4H2;1H4. The molecule has 66 valence electrons. The van der Waals surface area contributed by atoms with Crippen molar-refractivity contribution >= 4 is 0 Å². The largest absolute Gasteiger partial charge is 0.316 e. The second-order valence-corrected chi connectivity index (χ2v) is 3.44. The molecule has 0 aromatic heterocycles. The number of fused-ring (bicyclic) bond motifs is 1. The van der Waals surface area contributed by atoms with Gasteiger partial charge in [-0.05, 0) is 24.9 Å². The van der Waals surface area contributed by atoms with Gasteiger partial charge in [-0.15, -0.1) is 0 Å². The van der Waals surface area contributed by atoms with Crippen molar-refractivity contribution < 1.29 is 8.78 Å². The highest BCUT2D eigenvalue weighted by Gasteiger charge is 2.47. The first-order valence-electron chi connectivity index (χ1n) is 3.76. The van der Waals surface area contributed by atoms with Crippen LogP contribution in [0.25, 0.3) is 0 Å². The molecule has 0 aromatic carbocycles. The summed E-state index contributed by atoms with van der Waals surface area (Å²) in [5, 5.41) is 3.13. The highest BCUT2D eigenvalue weighted by molar-refractivity contribution is 4.94. The highest BCUT2D eigenvalue weighted by atomic mass is 19.3. The number of hydrogen-bond donors (Lipinski definition) is 1. The Bertz CT molecular complexity index is 133. The summed E-state index contributed by atoms with van der Waals surface area (Å²) < 4.78 is 25.3. The molecule has 2 aliphatic rings. The van der Waals surface area contributed by atoms with Gasteiger partial charge >= 0.3 is 0 Å². The van der Waals surface area contributed by atoms with Gasteiger partial charge in [0.1, 0.15) is 0 Å². The summed E-state index contributed by atoms with van der Waals surface area (Å²) in [5.41, 5.74) is 0. The van der Waals surface area contributed by atoms with E-state index in [4.69, 9.17) is 0 Å². The number of hydrogen-bond acceptors (Lipinski definition) is 1. The summed E-state index contributed by atoms with van der Waals surface area (Å²) in [6.07, 6.45) is 0.231. The molecule has 2 unspecified atom stereocenters. The van der Waals surface area contributed by atoms with Crippen molar-refractivity contribution in [1.82, 2.24) is 5.32 Å². The maximum absolute atomic E-state index is 12.6. The first-order chi connectivity index (χ1) is 4.67. The number of alkyl halides is 2. The van der Waals surface area contributed by atoms with Crippen molar-refractivity contribution in [2.45, 2.75) is 26.2 Å². The third kappa shape index (κ3) is 1.53. The van der Waals surface area contributed by atoms with Crippen molar-refractivity contribution in [3.63, 3.8) is 0 Å². The van der Waals surface area contributed by atoms with Crippen molar-refractivity contribution in [3.05, 3.63) is 0 Å². The molecule has 2 rings (SSSR count). The molecular weight excluding hydrogens is 148 g/mol. The van der Waals surface area contributed by atoms with Crippen LogP contribution < -0.4 is 5.32 Å². The van der Waals surface area contributed by atoms with Crippen LogP contribution in [0.3, 0.4) is 0 Å². The molecule has 1 saturated carbocycles. The second-order valence-electron chi connectivity index (χ2n) is 3.44. The van der Waals surface area contributed by atoms with E-state index in [0.717, 1.165) is 13.1 Å². The average molecular weight is 163 g/mol. The molecule has 1 N–H and O–H groups in total. The van der Waals surface area contributed by atoms with Crippen LogP contribution >= 0.6 is 0 Å². The van der Waals surface area contributed by atoms with Crippen molar-refractivity contribution in [3.8, 4) is 0 Å². The Labute approximate surface area is 66.2 Å². The molecule has 1 aliphatic carbocycles. The van der Waals surface area contributed by atoms with Gasteiger partial charge in [0.25, 0.3) is 0 Å². The Hall–Kier alpha value is -0.180. The van der Waals surface area contributed by atoms with Crippen LogP contribution in [0.15, 0.2) is 0 Å². The van der Waals surface area contributed by atoms with Gasteiger partial charge in [0.15, 0.2) is 0 Å². The van der Waals surface area contributed by atoms with E-state index in [1.807, 2.05) is 0 Å². The summed E-state index contributed by atoms with van der Waals surface area (Å²) in [7, 11) is 0. The Balaban J connectivity index is 0.000000605. The Morgan fingerprint density at radius 2 is 1.55 bits per heavy atom. The minimum absolute atomic E-state index is 0. The fraction of sp³-hybridized carbons (Fsp3) is 1.00. The minimum Gasteiger partial charge on any atom is -0.316 e. The molecule has 1 saturated heterocycles. The summed E-state index contributed by atoms with van der Waals surface area (Å²) in [5.74, 6) is -1.83. The molecule has 2 fully saturated rings. The molecule has 2 atom stereocenters. The molecule has 3 heteroatoms. The van der Waals surface area contributed by atoms with Crippen LogP contribution in [-0.4, -0.2) is 19.0 Å². The van der Waals surface area contributed by atoms with E-state index in [1.54, 1.807) is 0 Å². The van der Waals surface area contributed by atoms with Crippen LogP contribution in [0.5, 0.6) is 0 Å². The fourth-order valence-electron chi connectivity index (χ4n) is 2.12. The molecule has 0 aromatic rings. The van der Waals surface area contributed by atoms with Gasteiger partial charge in [-0.1, -0.05) is 7.43 Å². The molecule has 11 heavy (non-hydrogen) atoms. The van der Waals surface area contributed by atoms with Crippen molar-refractivity contribution in [2.75, 3.05) is 13.1 Å². The summed E-state index contributed by atoms with van der Waals surface area (Å²) >= 11 is 0. The van der Waals surface area contributed by atoms with Crippen LogP contribution in [0.4, 0.5) is 8.78 Å². The monoisotopic (exact) mass is 163 g/mol. The Morgan fingerprint density at radius 3 is 2.00 bits per heavy atom. The molecule has 1 aliphatic heterocycles. The van der Waals surface area contributed by atoms with E-state index >= 15 is 0 Å². The lowest BCUT2D eigenvalue weighted by Gasteiger charge is -2.08. The molecular formula is C8H15F2N. The normalized spacial score (nSPS) is 39.8. The molecule has 0 bridgehead atoms. The summed E-state index contributed by atoms with van der Waals surface area (Å²) in [6, 6.07) is 0. The number of nitrogens with one attached hydrogen (secondary N) is 1. The maximum Gasteiger partial charge on any atom is 0.248 e. The van der Waals surface area contributed by atoms with Gasteiger partial charge in [-0.25, -0.2) is 8.78 Å². The third-order valence-electron chi connectivity index (χ3n) is 2.60. The van der Waals surface area contributed by atoms with Crippen LogP contribution in [0, 0.1) is 11.8 Å². The van der Waals surface area contributed by atoms with E-state index in [9.17, 15) is 8.78 Å². The lowest BCUT2D eigenvalue weighted by molar-refractivity contribution is 0.00112. The predicted octanol–water partition coefficient (Wildman–Crippen LogP) is 1.89. The zero-order valence-electron chi connectivity index (χ0n) is 5.74. The van der Waals surface area contributed by atoms with Crippen LogP contribution in [-0.2, 0) is 0 Å². The van der Waals surface area contributed by atoms with Crippen LogP contribution in [0.2, 0.25) is 0 Å². The zero-order valence-corrected chi connectivity index (χ0v) is 5.74. The Kier molecular flexibility index (Phi) is 2.19. The Morgan fingerprint density at radius 1 is 1.09 bits per heavy atom. The smallest absolute Gasteiger partial charge is 0.248 e. The number of halogens is 2. The van der Waals surface area contributed by atoms with E-state index in [0.29, 0.717) is 0 Å². The van der Waals surface area contributed by atoms with Gasteiger partial charge in [0, 0.05) is 12.8 Å². The minimum atomic E-state index is -2.35. The lowest BCUT2D eigenvalue weighted by Crippen LogP contribution is -2.17. The highest BCUT2D eigenvalue weighted by Crippen LogP contribution is 2.44. The summed E-state index contributed by atoms with van der Waals surface area (Å²) in [6.45, 7) is 1.61. The van der Waals surface area contributed by atoms with E-state index in [-0.39, 0.29) is 32.1 Å². The lowest BCUT2D eigenvalue weighted by atomic mass is 10.0. The molecule has 1 nitrogen and oxygen atoms in total. The van der Waals surface area contributed by atoms with Gasteiger partial charge in [0.2, 0.25) is 5.92 Å². The predicted molar refractivity (Wildman–Crippen MR) is 40.8 cm³/mol. The van der Waals surface area contributed by atoms with Crippen LogP contribution in [0.1, 0.15) is 20.3 Å². The zero-order chi connectivity index (χ0) is 7.19. The molecule has 0 spiro atoms. The second kappa shape index (κ2) is 2.70. The average Bonchev–Trinajstić information content (AvgIpc) is 2.20. The molecule has 0 amide bonds. The summed E-state index contributed by atoms with van der Waals surface area (Å²) in [4.78, 5) is 0. The maximum atomic E-state index is 12.6. The number of rotatable bonds is 0. The van der Waals surface area contributed by atoms with Gasteiger partial charge in [-0.2, -0.15) is 0 Å². The molecule has 0 radical (unpaired) electrons. The van der Waals surface area contributed by atoms with E-state index in [1.165, 1.54) is 0 Å². The molecule has 1 heterocycles. The van der Waals surface area contributed by atoms with Gasteiger partial charge < -0.3 is 5.32 Å². The quantitative estimate of drug-likeness (QED) is 0.575.